The lowest BCUT2D eigenvalue weighted by molar-refractivity contribution is 0.276. The Morgan fingerprint density at radius 2 is 1.54 bits per heavy atom. The highest BCUT2D eigenvalue weighted by atomic mass is 19.2. The highest BCUT2D eigenvalue weighted by Gasteiger charge is 2.12. The number of hydrogen-bond acceptors (Lipinski definition) is 1. The van der Waals surface area contributed by atoms with Gasteiger partial charge >= 0.3 is 0 Å². The van der Waals surface area contributed by atoms with E-state index in [1.165, 1.54) is 57.4 Å². The topological polar surface area (TPSA) is 9.23 Å². The fraction of sp³-hybridized carbons (Fsp3) is 0.739. The van der Waals surface area contributed by atoms with E-state index in [9.17, 15) is 8.78 Å². The molecule has 0 spiro atoms. The molecule has 0 aliphatic carbocycles. The first-order chi connectivity index (χ1) is 12.5. The number of rotatable bonds is 14. The maximum Gasteiger partial charge on any atom is 0.200 e. The van der Waals surface area contributed by atoms with E-state index in [-0.39, 0.29) is 5.75 Å². The quantitative estimate of drug-likeness (QED) is 0.304. The molecule has 0 aromatic heterocycles. The van der Waals surface area contributed by atoms with Gasteiger partial charge in [-0.05, 0) is 43.2 Å². The van der Waals surface area contributed by atoms with Gasteiger partial charge in [-0.15, -0.1) is 0 Å². The van der Waals surface area contributed by atoms with Gasteiger partial charge in [-0.25, -0.2) is 4.39 Å². The van der Waals surface area contributed by atoms with Gasteiger partial charge in [0.2, 0.25) is 5.82 Å². The highest BCUT2D eigenvalue weighted by molar-refractivity contribution is 5.30. The van der Waals surface area contributed by atoms with Gasteiger partial charge in [0.1, 0.15) is 0 Å². The molecule has 1 aromatic rings. The third kappa shape index (κ3) is 8.51. The van der Waals surface area contributed by atoms with Crippen LogP contribution in [0, 0.1) is 30.4 Å². The first-order valence-corrected chi connectivity index (χ1v) is 10.6. The van der Waals surface area contributed by atoms with Gasteiger partial charge in [0.25, 0.3) is 0 Å². The summed E-state index contributed by atoms with van der Waals surface area (Å²) in [6.07, 6.45) is 12.3. The minimum absolute atomic E-state index is 0.0307. The number of aryl methyl sites for hydroxylation is 1. The Balaban J connectivity index is 2.25. The van der Waals surface area contributed by atoms with Gasteiger partial charge in [-0.2, -0.15) is 4.39 Å². The molecule has 0 heterocycles. The lowest BCUT2D eigenvalue weighted by Gasteiger charge is -2.17. The summed E-state index contributed by atoms with van der Waals surface area (Å²) in [6.45, 7) is 8.88. The van der Waals surface area contributed by atoms with E-state index >= 15 is 0 Å². The molecule has 2 unspecified atom stereocenters. The molecule has 0 aliphatic heterocycles. The fourth-order valence-corrected chi connectivity index (χ4v) is 3.69. The molecule has 2 atom stereocenters. The molecule has 0 saturated heterocycles. The van der Waals surface area contributed by atoms with E-state index in [0.29, 0.717) is 12.2 Å². The lowest BCUT2D eigenvalue weighted by atomic mass is 9.89. The van der Waals surface area contributed by atoms with Crippen molar-refractivity contribution in [2.75, 3.05) is 6.61 Å². The molecule has 1 nitrogen and oxygen atoms in total. The predicted molar refractivity (Wildman–Crippen MR) is 107 cm³/mol. The summed E-state index contributed by atoms with van der Waals surface area (Å²) in [5.41, 5.74) is 0.311. The number of unbranched alkanes of at least 4 members (excludes halogenated alkanes) is 1. The Hall–Kier alpha value is -1.12. The van der Waals surface area contributed by atoms with Crippen molar-refractivity contribution in [3.05, 3.63) is 29.3 Å². The van der Waals surface area contributed by atoms with E-state index in [4.69, 9.17) is 4.74 Å². The third-order valence-corrected chi connectivity index (χ3v) is 5.29. The summed E-state index contributed by atoms with van der Waals surface area (Å²) in [5.74, 6) is 0.00356. The molecule has 0 fully saturated rings. The lowest BCUT2D eigenvalue weighted by Crippen LogP contribution is -2.05. The normalized spacial score (nSPS) is 13.6. The van der Waals surface area contributed by atoms with Gasteiger partial charge in [0.15, 0.2) is 11.6 Å². The van der Waals surface area contributed by atoms with Crippen molar-refractivity contribution in [2.24, 2.45) is 11.8 Å². The molecule has 1 aromatic carbocycles. The molecule has 0 aliphatic rings. The molecule has 0 bridgehead atoms. The average Bonchev–Trinajstić information content (AvgIpc) is 2.61. The SMILES string of the molecule is CCCC(C)CCCC(CCC)CCCCOc1ccc(C)c(F)c1F. The summed E-state index contributed by atoms with van der Waals surface area (Å²) >= 11 is 0. The van der Waals surface area contributed by atoms with Gasteiger partial charge in [0, 0.05) is 0 Å². The maximum atomic E-state index is 13.8. The van der Waals surface area contributed by atoms with Crippen molar-refractivity contribution in [3.8, 4) is 5.75 Å². The van der Waals surface area contributed by atoms with Crippen LogP contribution in [0.1, 0.15) is 90.5 Å². The second kappa shape index (κ2) is 13.1. The van der Waals surface area contributed by atoms with Crippen LogP contribution in [0.5, 0.6) is 5.75 Å². The standard InChI is InChI=1S/C23H38F2O/c1-5-10-18(3)12-9-14-20(11-6-2)13-7-8-17-26-21-16-15-19(4)22(24)23(21)25/h15-16,18,20H,5-14,17H2,1-4H3. The molecule has 150 valence electrons. The van der Waals surface area contributed by atoms with Gasteiger partial charge < -0.3 is 4.74 Å². The maximum absolute atomic E-state index is 13.8. The molecule has 26 heavy (non-hydrogen) atoms. The molecule has 0 N–H and O–H groups in total. The second-order valence-corrected chi connectivity index (χ2v) is 7.83. The van der Waals surface area contributed by atoms with Crippen LogP contribution in [0.2, 0.25) is 0 Å². The summed E-state index contributed by atoms with van der Waals surface area (Å²) in [4.78, 5) is 0. The van der Waals surface area contributed by atoms with Crippen LogP contribution in [0.3, 0.4) is 0 Å². The minimum Gasteiger partial charge on any atom is -0.490 e. The van der Waals surface area contributed by atoms with E-state index in [1.54, 1.807) is 13.0 Å². The Bertz CT molecular complexity index is 501. The smallest absolute Gasteiger partial charge is 0.200 e. The molecule has 3 heteroatoms. The highest BCUT2D eigenvalue weighted by Crippen LogP contribution is 2.25. The van der Waals surface area contributed by atoms with Crippen LogP contribution < -0.4 is 4.74 Å². The van der Waals surface area contributed by atoms with Crippen molar-refractivity contribution < 1.29 is 13.5 Å². The van der Waals surface area contributed by atoms with E-state index in [0.717, 1.165) is 24.7 Å². The molecular weight excluding hydrogens is 330 g/mol. The van der Waals surface area contributed by atoms with Crippen LogP contribution in [0.15, 0.2) is 12.1 Å². The summed E-state index contributed by atoms with van der Waals surface area (Å²) < 4.78 is 32.7. The van der Waals surface area contributed by atoms with Crippen LogP contribution in [0.4, 0.5) is 8.78 Å². The van der Waals surface area contributed by atoms with Crippen LogP contribution in [-0.4, -0.2) is 6.61 Å². The summed E-state index contributed by atoms with van der Waals surface area (Å²) in [7, 11) is 0. The average molecular weight is 369 g/mol. The Labute approximate surface area is 159 Å². The van der Waals surface area contributed by atoms with Gasteiger partial charge in [-0.3, -0.25) is 0 Å². The molecular formula is C23H38F2O. The van der Waals surface area contributed by atoms with Crippen molar-refractivity contribution in [3.63, 3.8) is 0 Å². The van der Waals surface area contributed by atoms with Gasteiger partial charge in [-0.1, -0.05) is 78.2 Å². The van der Waals surface area contributed by atoms with Crippen LogP contribution in [-0.2, 0) is 0 Å². The molecule has 1 rings (SSSR count). The molecule has 0 radical (unpaired) electrons. The predicted octanol–water partition coefficient (Wildman–Crippen LogP) is 7.85. The molecule has 0 saturated carbocycles. The summed E-state index contributed by atoms with van der Waals surface area (Å²) in [6, 6.07) is 3.08. The van der Waals surface area contributed by atoms with Crippen molar-refractivity contribution in [1.29, 1.82) is 0 Å². The van der Waals surface area contributed by atoms with Crippen molar-refractivity contribution >= 4 is 0 Å². The Morgan fingerprint density at radius 1 is 0.846 bits per heavy atom. The van der Waals surface area contributed by atoms with Gasteiger partial charge in [0.05, 0.1) is 6.61 Å². The zero-order chi connectivity index (χ0) is 19.4. The van der Waals surface area contributed by atoms with E-state index < -0.39 is 11.6 Å². The number of benzene rings is 1. The first-order valence-electron chi connectivity index (χ1n) is 10.6. The van der Waals surface area contributed by atoms with Crippen LogP contribution in [0.25, 0.3) is 0 Å². The zero-order valence-corrected chi connectivity index (χ0v) is 17.3. The van der Waals surface area contributed by atoms with Crippen molar-refractivity contribution in [1.82, 2.24) is 0 Å². The zero-order valence-electron chi connectivity index (χ0n) is 17.3. The Morgan fingerprint density at radius 3 is 2.23 bits per heavy atom. The second-order valence-electron chi connectivity index (χ2n) is 7.83. The Kier molecular flexibility index (Phi) is 11.6. The minimum atomic E-state index is -0.866. The number of hydrogen-bond donors (Lipinski definition) is 0. The molecule has 0 amide bonds. The number of ether oxygens (including phenoxy) is 1. The third-order valence-electron chi connectivity index (χ3n) is 5.29. The first kappa shape index (κ1) is 22.9. The van der Waals surface area contributed by atoms with E-state index in [1.807, 2.05) is 0 Å². The van der Waals surface area contributed by atoms with Crippen molar-refractivity contribution in [2.45, 2.75) is 91.9 Å². The largest absolute Gasteiger partial charge is 0.490 e. The summed E-state index contributed by atoms with van der Waals surface area (Å²) in [5, 5.41) is 0. The van der Waals surface area contributed by atoms with Crippen LogP contribution >= 0.6 is 0 Å². The van der Waals surface area contributed by atoms with E-state index in [2.05, 4.69) is 20.8 Å². The monoisotopic (exact) mass is 368 g/mol. The number of halogens is 2. The fourth-order valence-electron chi connectivity index (χ4n) is 3.69.